The van der Waals surface area contributed by atoms with Crippen LogP contribution >= 0.6 is 0 Å². The molecular weight excluding hydrogens is 392 g/mol. The third-order valence-corrected chi connectivity index (χ3v) is 3.82. The zero-order valence-corrected chi connectivity index (χ0v) is 17.2. The molecule has 9 nitrogen and oxygen atoms in total. The largest absolute Gasteiger partial charge is 0.467 e. The molecule has 0 aliphatic carbocycles. The number of ether oxygens (including phenoxy) is 3. The Hall–Kier alpha value is -3.62. The quantitative estimate of drug-likeness (QED) is 0.412. The van der Waals surface area contributed by atoms with Gasteiger partial charge in [0.2, 0.25) is 0 Å². The highest BCUT2D eigenvalue weighted by Gasteiger charge is 2.25. The van der Waals surface area contributed by atoms with Crippen molar-refractivity contribution in [2.45, 2.75) is 38.8 Å². The Morgan fingerprint density at radius 1 is 1.03 bits per heavy atom. The fourth-order valence-electron chi connectivity index (χ4n) is 2.49. The molecule has 160 valence electrons. The van der Waals surface area contributed by atoms with Crippen LogP contribution in [0.1, 0.15) is 26.3 Å². The SMILES string of the molecule is COC(=O)[C@H](Cc1ccc(Oc2ccc([N+](=O)[O-])cc2)cc1)NC(=O)OC(C)(C)C. The predicted molar refractivity (Wildman–Crippen MR) is 108 cm³/mol. The first-order chi connectivity index (χ1) is 14.1. The van der Waals surface area contributed by atoms with Gasteiger partial charge in [-0.15, -0.1) is 0 Å². The van der Waals surface area contributed by atoms with Gasteiger partial charge in [0.05, 0.1) is 12.0 Å². The number of esters is 1. The second-order valence-electron chi connectivity index (χ2n) is 7.42. The van der Waals surface area contributed by atoms with E-state index in [1.165, 1.54) is 31.4 Å². The zero-order chi connectivity index (χ0) is 22.3. The molecule has 0 heterocycles. The maximum absolute atomic E-state index is 12.0. The maximum atomic E-state index is 12.0. The second-order valence-corrected chi connectivity index (χ2v) is 7.42. The molecule has 0 saturated carbocycles. The van der Waals surface area contributed by atoms with Crippen molar-refractivity contribution in [1.29, 1.82) is 0 Å². The van der Waals surface area contributed by atoms with Crippen molar-refractivity contribution in [3.63, 3.8) is 0 Å². The molecule has 0 radical (unpaired) electrons. The summed E-state index contributed by atoms with van der Waals surface area (Å²) in [5.74, 6) is 0.377. The molecule has 1 amide bonds. The molecule has 0 spiro atoms. The van der Waals surface area contributed by atoms with E-state index in [0.29, 0.717) is 11.5 Å². The molecule has 0 aromatic heterocycles. The van der Waals surface area contributed by atoms with E-state index in [4.69, 9.17) is 14.2 Å². The van der Waals surface area contributed by atoms with Crippen molar-refractivity contribution in [3.05, 3.63) is 64.2 Å². The standard InChI is InChI=1S/C21H24N2O7/c1-21(2,3)30-20(25)22-18(19(24)28-4)13-14-5-9-16(10-6-14)29-17-11-7-15(8-12-17)23(26)27/h5-12,18H,13H2,1-4H3,(H,22,25)/t18-/m0/s1. The fraction of sp³-hybridized carbons (Fsp3) is 0.333. The van der Waals surface area contributed by atoms with Crippen LogP contribution in [0.4, 0.5) is 10.5 Å². The number of carbonyl (C=O) groups is 2. The predicted octanol–water partition coefficient (Wildman–Crippen LogP) is 4.00. The molecule has 1 N–H and O–H groups in total. The molecule has 2 aromatic rings. The van der Waals surface area contributed by atoms with Crippen molar-refractivity contribution in [1.82, 2.24) is 5.32 Å². The van der Waals surface area contributed by atoms with Crippen LogP contribution in [0, 0.1) is 10.1 Å². The van der Waals surface area contributed by atoms with Gasteiger partial charge in [-0.1, -0.05) is 12.1 Å². The third kappa shape index (κ3) is 7.08. The average Bonchev–Trinajstić information content (AvgIpc) is 2.67. The van der Waals surface area contributed by atoms with Gasteiger partial charge in [-0.2, -0.15) is 0 Å². The number of nitrogens with one attached hydrogen (secondary N) is 1. The number of hydrogen-bond acceptors (Lipinski definition) is 7. The van der Waals surface area contributed by atoms with Gasteiger partial charge in [-0.25, -0.2) is 9.59 Å². The molecule has 2 aromatic carbocycles. The van der Waals surface area contributed by atoms with Crippen LogP contribution in [0.25, 0.3) is 0 Å². The summed E-state index contributed by atoms with van der Waals surface area (Å²) in [7, 11) is 1.24. The highest BCUT2D eigenvalue weighted by Crippen LogP contribution is 2.24. The Kier molecular flexibility index (Phi) is 7.35. The number of rotatable bonds is 7. The van der Waals surface area contributed by atoms with E-state index in [2.05, 4.69) is 5.32 Å². The molecule has 0 unspecified atom stereocenters. The first-order valence-electron chi connectivity index (χ1n) is 9.16. The third-order valence-electron chi connectivity index (χ3n) is 3.82. The number of nitrogens with zero attached hydrogens (tertiary/aromatic N) is 1. The highest BCUT2D eigenvalue weighted by molar-refractivity contribution is 5.81. The van der Waals surface area contributed by atoms with Gasteiger partial charge < -0.3 is 19.5 Å². The van der Waals surface area contributed by atoms with E-state index in [1.54, 1.807) is 45.0 Å². The van der Waals surface area contributed by atoms with Gasteiger partial charge in [0, 0.05) is 18.6 Å². The molecule has 1 atom stereocenters. The number of nitro benzene ring substituents is 1. The number of methoxy groups -OCH3 is 1. The maximum Gasteiger partial charge on any atom is 0.408 e. The van der Waals surface area contributed by atoms with Crippen molar-refractivity contribution < 1.29 is 28.7 Å². The van der Waals surface area contributed by atoms with E-state index in [9.17, 15) is 19.7 Å². The molecule has 0 aliphatic rings. The summed E-state index contributed by atoms with van der Waals surface area (Å²) in [5, 5.41) is 13.2. The van der Waals surface area contributed by atoms with Crippen LogP contribution < -0.4 is 10.1 Å². The summed E-state index contributed by atoms with van der Waals surface area (Å²) >= 11 is 0. The minimum absolute atomic E-state index is 0.0240. The summed E-state index contributed by atoms with van der Waals surface area (Å²) in [6, 6.07) is 11.7. The van der Waals surface area contributed by atoms with Crippen LogP contribution in [-0.4, -0.2) is 35.7 Å². The number of amides is 1. The number of benzene rings is 2. The van der Waals surface area contributed by atoms with Crippen molar-refractivity contribution in [3.8, 4) is 11.5 Å². The summed E-state index contributed by atoms with van der Waals surface area (Å²) in [5.41, 5.74) is 0.0447. The lowest BCUT2D eigenvalue weighted by molar-refractivity contribution is -0.384. The van der Waals surface area contributed by atoms with Crippen LogP contribution in [-0.2, 0) is 20.7 Å². The van der Waals surface area contributed by atoms with Gasteiger partial charge in [-0.05, 0) is 50.6 Å². The first-order valence-corrected chi connectivity index (χ1v) is 9.16. The Bertz CT molecular complexity index is 887. The van der Waals surface area contributed by atoms with Crippen molar-refractivity contribution in [2.24, 2.45) is 0 Å². The molecular formula is C21H24N2O7. The van der Waals surface area contributed by atoms with Gasteiger partial charge >= 0.3 is 12.1 Å². The first kappa shape index (κ1) is 22.7. The molecule has 0 saturated heterocycles. The van der Waals surface area contributed by atoms with Crippen LogP contribution in [0.5, 0.6) is 11.5 Å². The molecule has 0 aliphatic heterocycles. The number of nitro groups is 1. The number of non-ortho nitro benzene ring substituents is 1. The normalized spacial score (nSPS) is 11.9. The number of carbonyl (C=O) groups excluding carboxylic acids is 2. The molecule has 0 fully saturated rings. The molecule has 9 heteroatoms. The fourth-order valence-corrected chi connectivity index (χ4v) is 2.49. The van der Waals surface area contributed by atoms with E-state index in [-0.39, 0.29) is 12.1 Å². The Labute approximate surface area is 174 Å². The monoisotopic (exact) mass is 416 g/mol. The minimum Gasteiger partial charge on any atom is -0.467 e. The average molecular weight is 416 g/mol. The lowest BCUT2D eigenvalue weighted by Crippen LogP contribution is -2.45. The zero-order valence-electron chi connectivity index (χ0n) is 17.2. The molecule has 30 heavy (non-hydrogen) atoms. The topological polar surface area (TPSA) is 117 Å². The van der Waals surface area contributed by atoms with Crippen LogP contribution in [0.15, 0.2) is 48.5 Å². The van der Waals surface area contributed by atoms with E-state index in [0.717, 1.165) is 5.56 Å². The Balaban J connectivity index is 2.02. The molecule has 0 bridgehead atoms. The number of hydrogen-bond donors (Lipinski definition) is 1. The number of alkyl carbamates (subject to hydrolysis) is 1. The summed E-state index contributed by atoms with van der Waals surface area (Å²) in [6.45, 7) is 5.18. The van der Waals surface area contributed by atoms with Crippen LogP contribution in [0.2, 0.25) is 0 Å². The van der Waals surface area contributed by atoms with Gasteiger partial charge in [0.1, 0.15) is 23.1 Å². The smallest absolute Gasteiger partial charge is 0.408 e. The van der Waals surface area contributed by atoms with Gasteiger partial charge in [-0.3, -0.25) is 10.1 Å². The summed E-state index contributed by atoms with van der Waals surface area (Å²) < 4.78 is 15.6. The van der Waals surface area contributed by atoms with Crippen molar-refractivity contribution >= 4 is 17.7 Å². The van der Waals surface area contributed by atoms with Gasteiger partial charge in [0.25, 0.3) is 5.69 Å². The van der Waals surface area contributed by atoms with Crippen molar-refractivity contribution in [2.75, 3.05) is 7.11 Å². The summed E-state index contributed by atoms with van der Waals surface area (Å²) in [4.78, 5) is 34.2. The molecule has 2 rings (SSSR count). The summed E-state index contributed by atoms with van der Waals surface area (Å²) in [6.07, 6.45) is -0.514. The van der Waals surface area contributed by atoms with Crippen LogP contribution in [0.3, 0.4) is 0 Å². The van der Waals surface area contributed by atoms with E-state index >= 15 is 0 Å². The lowest BCUT2D eigenvalue weighted by Gasteiger charge is -2.22. The van der Waals surface area contributed by atoms with Gasteiger partial charge in [0.15, 0.2) is 0 Å². The second kappa shape index (κ2) is 9.73. The lowest BCUT2D eigenvalue weighted by atomic mass is 10.1. The Morgan fingerprint density at radius 3 is 2.03 bits per heavy atom. The van der Waals surface area contributed by atoms with E-state index < -0.39 is 28.6 Å². The minimum atomic E-state index is -0.911. The Morgan fingerprint density at radius 2 is 1.57 bits per heavy atom. The highest BCUT2D eigenvalue weighted by atomic mass is 16.6. The van der Waals surface area contributed by atoms with E-state index in [1.807, 2.05) is 0 Å².